The molecule has 0 aliphatic rings. The quantitative estimate of drug-likeness (QED) is 0.439. The van der Waals surface area contributed by atoms with Gasteiger partial charge in [0.1, 0.15) is 5.69 Å². The van der Waals surface area contributed by atoms with Gasteiger partial charge in [0.15, 0.2) is 0 Å². The summed E-state index contributed by atoms with van der Waals surface area (Å²) in [5, 5.41) is 2.02. The van der Waals surface area contributed by atoms with Crippen molar-refractivity contribution in [2.24, 2.45) is 0 Å². The number of halogens is 3. The van der Waals surface area contributed by atoms with E-state index in [0.29, 0.717) is 5.39 Å². The monoisotopic (exact) mass is 339 g/mol. The molecular formula is C20H12F3NO. The first-order chi connectivity index (χ1) is 12.0. The molecule has 0 bridgehead atoms. The summed E-state index contributed by atoms with van der Waals surface area (Å²) in [6, 6.07) is 19.4. The molecule has 0 fully saturated rings. The van der Waals surface area contributed by atoms with E-state index >= 15 is 0 Å². The van der Waals surface area contributed by atoms with Crippen LogP contribution in [0.5, 0.6) is 0 Å². The van der Waals surface area contributed by atoms with Crippen LogP contribution < -0.4 is 5.56 Å². The minimum Gasteiger partial charge on any atom is -0.272 e. The van der Waals surface area contributed by atoms with Crippen molar-refractivity contribution in [2.45, 2.75) is 6.18 Å². The van der Waals surface area contributed by atoms with Gasteiger partial charge in [-0.05, 0) is 34.4 Å². The minimum absolute atomic E-state index is 0.189. The Morgan fingerprint density at radius 1 is 0.760 bits per heavy atom. The van der Waals surface area contributed by atoms with Gasteiger partial charge in [-0.15, -0.1) is 0 Å². The first kappa shape index (κ1) is 15.4. The predicted octanol–water partition coefficient (Wildman–Crippen LogP) is 5.16. The molecule has 5 heteroatoms. The highest BCUT2D eigenvalue weighted by atomic mass is 19.4. The van der Waals surface area contributed by atoms with Gasteiger partial charge in [-0.25, -0.2) is 0 Å². The second kappa shape index (κ2) is 5.48. The van der Waals surface area contributed by atoms with E-state index in [1.165, 1.54) is 12.1 Å². The lowest BCUT2D eigenvalue weighted by Crippen LogP contribution is -2.27. The number of alkyl halides is 3. The average Bonchev–Trinajstić information content (AvgIpc) is 2.61. The number of benzene rings is 3. The van der Waals surface area contributed by atoms with Gasteiger partial charge in [0, 0.05) is 5.69 Å². The van der Waals surface area contributed by atoms with E-state index in [4.69, 9.17) is 0 Å². The molecule has 4 rings (SSSR count). The number of para-hydroxylation sites is 1. The van der Waals surface area contributed by atoms with Crippen LogP contribution in [0.2, 0.25) is 0 Å². The summed E-state index contributed by atoms with van der Waals surface area (Å²) in [5.41, 5.74) is -1.46. The van der Waals surface area contributed by atoms with E-state index in [1.807, 2.05) is 12.1 Å². The van der Waals surface area contributed by atoms with Crippen molar-refractivity contribution in [1.82, 2.24) is 4.57 Å². The number of aromatic nitrogens is 1. The SMILES string of the molecule is O=c1c2c(ccc3ccccc32)cc(C(F)(F)F)n1-c1ccccc1. The molecule has 1 heterocycles. The third-order valence-electron chi connectivity index (χ3n) is 4.22. The summed E-state index contributed by atoms with van der Waals surface area (Å²) in [7, 11) is 0. The zero-order valence-corrected chi connectivity index (χ0v) is 12.9. The Bertz CT molecular complexity index is 1140. The third kappa shape index (κ3) is 2.48. The second-order valence-corrected chi connectivity index (χ2v) is 5.75. The van der Waals surface area contributed by atoms with Gasteiger partial charge in [-0.3, -0.25) is 9.36 Å². The number of hydrogen-bond donors (Lipinski definition) is 0. The van der Waals surface area contributed by atoms with Crippen LogP contribution in [0.15, 0.2) is 77.6 Å². The van der Waals surface area contributed by atoms with Crippen molar-refractivity contribution in [3.05, 3.63) is 88.8 Å². The summed E-state index contributed by atoms with van der Waals surface area (Å²) in [4.78, 5) is 13.1. The van der Waals surface area contributed by atoms with Gasteiger partial charge in [0.05, 0.1) is 5.39 Å². The summed E-state index contributed by atoms with van der Waals surface area (Å²) < 4.78 is 41.5. The smallest absolute Gasteiger partial charge is 0.272 e. The van der Waals surface area contributed by atoms with Crippen LogP contribution in [0.3, 0.4) is 0 Å². The van der Waals surface area contributed by atoms with E-state index in [2.05, 4.69) is 0 Å². The molecule has 0 aliphatic carbocycles. The molecule has 4 aromatic rings. The van der Waals surface area contributed by atoms with E-state index in [0.717, 1.165) is 16.0 Å². The fourth-order valence-electron chi connectivity index (χ4n) is 3.12. The molecule has 0 radical (unpaired) electrons. The summed E-state index contributed by atoms with van der Waals surface area (Å²) in [5.74, 6) is 0. The molecule has 0 saturated heterocycles. The molecule has 124 valence electrons. The zero-order chi connectivity index (χ0) is 17.6. The number of fused-ring (bicyclic) bond motifs is 3. The van der Waals surface area contributed by atoms with E-state index in [9.17, 15) is 18.0 Å². The lowest BCUT2D eigenvalue weighted by atomic mass is 10.0. The van der Waals surface area contributed by atoms with Crippen LogP contribution in [0.4, 0.5) is 13.2 Å². The Hall–Kier alpha value is -3.08. The average molecular weight is 339 g/mol. The molecule has 1 aromatic heterocycles. The van der Waals surface area contributed by atoms with Crippen LogP contribution in [0.1, 0.15) is 5.69 Å². The Labute approximate surface area is 140 Å². The minimum atomic E-state index is -4.64. The van der Waals surface area contributed by atoms with Crippen LogP contribution in [0.25, 0.3) is 27.2 Å². The van der Waals surface area contributed by atoms with Crippen LogP contribution >= 0.6 is 0 Å². The Balaban J connectivity index is 2.23. The zero-order valence-electron chi connectivity index (χ0n) is 12.9. The highest BCUT2D eigenvalue weighted by molar-refractivity contribution is 6.07. The lowest BCUT2D eigenvalue weighted by Gasteiger charge is -2.17. The highest BCUT2D eigenvalue weighted by Gasteiger charge is 2.35. The van der Waals surface area contributed by atoms with Crippen molar-refractivity contribution >= 4 is 21.5 Å². The first-order valence-electron chi connectivity index (χ1n) is 7.67. The molecule has 0 aliphatic heterocycles. The molecule has 0 unspecified atom stereocenters. The Morgan fingerprint density at radius 2 is 1.40 bits per heavy atom. The molecule has 0 amide bonds. The van der Waals surface area contributed by atoms with Crippen molar-refractivity contribution < 1.29 is 13.2 Å². The van der Waals surface area contributed by atoms with Gasteiger partial charge >= 0.3 is 6.18 Å². The highest BCUT2D eigenvalue weighted by Crippen LogP contribution is 2.33. The number of hydrogen-bond acceptors (Lipinski definition) is 1. The van der Waals surface area contributed by atoms with Gasteiger partial charge < -0.3 is 0 Å². The van der Waals surface area contributed by atoms with Crippen molar-refractivity contribution in [3.63, 3.8) is 0 Å². The van der Waals surface area contributed by atoms with Crippen molar-refractivity contribution in [1.29, 1.82) is 0 Å². The number of pyridine rings is 1. The third-order valence-corrected chi connectivity index (χ3v) is 4.22. The first-order valence-corrected chi connectivity index (χ1v) is 7.67. The molecular weight excluding hydrogens is 327 g/mol. The molecule has 0 spiro atoms. The summed E-state index contributed by atoms with van der Waals surface area (Å²) in [6.07, 6.45) is -4.64. The van der Waals surface area contributed by atoms with Crippen LogP contribution in [0, 0.1) is 0 Å². The molecule has 3 aromatic carbocycles. The van der Waals surface area contributed by atoms with Crippen molar-refractivity contribution in [2.75, 3.05) is 0 Å². The normalized spacial score (nSPS) is 12.0. The predicted molar refractivity (Wildman–Crippen MR) is 92.1 cm³/mol. The van der Waals surface area contributed by atoms with Crippen LogP contribution in [-0.4, -0.2) is 4.57 Å². The molecule has 2 nitrogen and oxygen atoms in total. The van der Waals surface area contributed by atoms with E-state index in [-0.39, 0.29) is 16.5 Å². The number of rotatable bonds is 1. The fraction of sp³-hybridized carbons (Fsp3) is 0.0500. The maximum Gasteiger partial charge on any atom is 0.431 e. The Morgan fingerprint density at radius 3 is 2.12 bits per heavy atom. The lowest BCUT2D eigenvalue weighted by molar-refractivity contribution is -0.142. The molecule has 0 atom stereocenters. The van der Waals surface area contributed by atoms with Crippen LogP contribution in [-0.2, 0) is 6.18 Å². The van der Waals surface area contributed by atoms with Crippen molar-refractivity contribution in [3.8, 4) is 5.69 Å². The topological polar surface area (TPSA) is 22.0 Å². The largest absolute Gasteiger partial charge is 0.431 e. The number of nitrogens with zero attached hydrogens (tertiary/aromatic N) is 1. The van der Waals surface area contributed by atoms with Gasteiger partial charge in [0.25, 0.3) is 5.56 Å². The summed E-state index contributed by atoms with van der Waals surface area (Å²) >= 11 is 0. The van der Waals surface area contributed by atoms with Gasteiger partial charge in [-0.1, -0.05) is 54.6 Å². The maximum absolute atomic E-state index is 13.6. The maximum atomic E-state index is 13.6. The second-order valence-electron chi connectivity index (χ2n) is 5.75. The van der Waals surface area contributed by atoms with Gasteiger partial charge in [-0.2, -0.15) is 13.2 Å². The fourth-order valence-corrected chi connectivity index (χ4v) is 3.12. The molecule has 0 saturated carbocycles. The van der Waals surface area contributed by atoms with E-state index in [1.54, 1.807) is 42.5 Å². The summed E-state index contributed by atoms with van der Waals surface area (Å²) in [6.45, 7) is 0. The van der Waals surface area contributed by atoms with E-state index < -0.39 is 17.4 Å². The van der Waals surface area contributed by atoms with Gasteiger partial charge in [0.2, 0.25) is 0 Å². The molecule has 25 heavy (non-hydrogen) atoms. The Kier molecular flexibility index (Phi) is 3.39. The standard InChI is InChI=1S/C20H12F3NO/c21-20(22,23)17-12-14-11-10-13-6-4-5-9-16(13)18(14)19(25)24(17)15-7-2-1-3-8-15/h1-12H. The molecule has 0 N–H and O–H groups in total.